The normalized spacial score (nSPS) is 11.8. The van der Waals surface area contributed by atoms with E-state index in [9.17, 15) is 4.39 Å². The first-order chi connectivity index (χ1) is 8.70. The van der Waals surface area contributed by atoms with E-state index in [1.165, 1.54) is 17.8 Å². The molecule has 0 aliphatic heterocycles. The second-order valence-electron chi connectivity index (χ2n) is 3.75. The van der Waals surface area contributed by atoms with Gasteiger partial charge in [0.05, 0.1) is 5.03 Å². The number of hydrogen-bond acceptors (Lipinski definition) is 3. The molecule has 1 atom stereocenters. The number of nitrogens with zero attached hydrogens (tertiary/aromatic N) is 2. The van der Waals surface area contributed by atoms with E-state index < -0.39 is 0 Å². The van der Waals surface area contributed by atoms with Crippen molar-refractivity contribution in [3.63, 3.8) is 0 Å². The molecule has 0 bridgehead atoms. The number of rotatable bonds is 3. The van der Waals surface area contributed by atoms with Gasteiger partial charge in [-0.15, -0.1) is 0 Å². The first-order valence-electron chi connectivity index (χ1n) is 5.49. The molecule has 4 heteroatoms. The van der Waals surface area contributed by atoms with Crippen molar-refractivity contribution < 1.29 is 4.39 Å². The summed E-state index contributed by atoms with van der Waals surface area (Å²) >= 11 is 1.44. The van der Waals surface area contributed by atoms with Crippen LogP contribution in [-0.2, 0) is 0 Å². The highest BCUT2D eigenvalue weighted by molar-refractivity contribution is 7.99. The minimum Gasteiger partial charge on any atom is -0.231 e. The Balaban J connectivity index is 2.19. The molecule has 1 aromatic carbocycles. The highest BCUT2D eigenvalue weighted by atomic mass is 32.2. The summed E-state index contributed by atoms with van der Waals surface area (Å²) in [5.41, 5.74) is 1.02. The highest BCUT2D eigenvalue weighted by Crippen LogP contribution is 2.34. The summed E-state index contributed by atoms with van der Waals surface area (Å²) in [6, 6.07) is 13.9. The van der Waals surface area contributed by atoms with Gasteiger partial charge >= 0.3 is 0 Å². The third kappa shape index (κ3) is 2.88. The standard InChI is InChI=1S/C14H11FN2S/c1-10(12-6-2-3-7-13(12)15)18-14-8-4-5-11(9-16)17-14/h2-8,10H,1H3. The molecule has 0 saturated heterocycles. The van der Waals surface area contributed by atoms with Gasteiger partial charge in [-0.3, -0.25) is 0 Å². The van der Waals surface area contributed by atoms with Crippen LogP contribution in [-0.4, -0.2) is 4.98 Å². The maximum absolute atomic E-state index is 13.6. The lowest BCUT2D eigenvalue weighted by Crippen LogP contribution is -1.94. The molecule has 0 aliphatic carbocycles. The molecule has 0 amide bonds. The van der Waals surface area contributed by atoms with E-state index in [4.69, 9.17) is 5.26 Å². The lowest BCUT2D eigenvalue weighted by Gasteiger charge is -2.11. The van der Waals surface area contributed by atoms with E-state index >= 15 is 0 Å². The molecule has 0 saturated carbocycles. The van der Waals surface area contributed by atoms with Crippen molar-refractivity contribution in [2.45, 2.75) is 17.2 Å². The van der Waals surface area contributed by atoms with E-state index in [2.05, 4.69) is 4.98 Å². The Morgan fingerprint density at radius 1 is 1.22 bits per heavy atom. The molecule has 18 heavy (non-hydrogen) atoms. The lowest BCUT2D eigenvalue weighted by atomic mass is 10.1. The predicted molar refractivity (Wildman–Crippen MR) is 69.6 cm³/mol. The summed E-state index contributed by atoms with van der Waals surface area (Å²) in [6.07, 6.45) is 0. The minimum absolute atomic E-state index is 0.0485. The number of hydrogen-bond donors (Lipinski definition) is 0. The van der Waals surface area contributed by atoms with Crippen molar-refractivity contribution in [3.05, 3.63) is 59.5 Å². The molecule has 1 unspecified atom stereocenters. The van der Waals surface area contributed by atoms with Gasteiger partial charge in [0.15, 0.2) is 0 Å². The Labute approximate surface area is 109 Å². The minimum atomic E-state index is -0.214. The zero-order valence-electron chi connectivity index (χ0n) is 9.80. The highest BCUT2D eigenvalue weighted by Gasteiger charge is 2.12. The van der Waals surface area contributed by atoms with Crippen LogP contribution in [0.3, 0.4) is 0 Å². The van der Waals surface area contributed by atoms with Crippen LogP contribution in [0.4, 0.5) is 4.39 Å². The number of aromatic nitrogens is 1. The SMILES string of the molecule is CC(Sc1cccc(C#N)n1)c1ccccc1F. The first-order valence-corrected chi connectivity index (χ1v) is 6.37. The molecule has 0 radical (unpaired) electrons. The van der Waals surface area contributed by atoms with Gasteiger partial charge in [-0.05, 0) is 25.1 Å². The first kappa shape index (κ1) is 12.6. The van der Waals surface area contributed by atoms with E-state index in [1.807, 2.05) is 25.1 Å². The number of thioether (sulfide) groups is 1. The number of halogens is 1. The summed E-state index contributed by atoms with van der Waals surface area (Å²) < 4.78 is 13.6. The molecule has 2 aromatic rings. The molecule has 1 heterocycles. The van der Waals surface area contributed by atoms with Crippen LogP contribution in [0, 0.1) is 17.1 Å². The summed E-state index contributed by atoms with van der Waals surface area (Å²) in [6.45, 7) is 1.92. The number of pyridine rings is 1. The van der Waals surface area contributed by atoms with Crippen molar-refractivity contribution in [1.82, 2.24) is 4.98 Å². The van der Waals surface area contributed by atoms with Gasteiger partial charge in [0.2, 0.25) is 0 Å². The third-order valence-electron chi connectivity index (χ3n) is 2.48. The molecule has 0 N–H and O–H groups in total. The van der Waals surface area contributed by atoms with Gasteiger partial charge in [0, 0.05) is 10.8 Å². The molecule has 2 nitrogen and oxygen atoms in total. The fourth-order valence-corrected chi connectivity index (χ4v) is 2.58. The molecule has 2 rings (SSSR count). The van der Waals surface area contributed by atoms with E-state index in [0.29, 0.717) is 11.3 Å². The Morgan fingerprint density at radius 3 is 2.72 bits per heavy atom. The quantitative estimate of drug-likeness (QED) is 0.782. The zero-order valence-corrected chi connectivity index (χ0v) is 10.6. The smallest absolute Gasteiger partial charge is 0.141 e. The van der Waals surface area contributed by atoms with Gasteiger partial charge in [-0.2, -0.15) is 5.26 Å². The Kier molecular flexibility index (Phi) is 3.96. The van der Waals surface area contributed by atoms with E-state index in [0.717, 1.165) is 5.03 Å². The fraction of sp³-hybridized carbons (Fsp3) is 0.143. The molecule has 0 spiro atoms. The summed E-state index contributed by atoms with van der Waals surface area (Å²) in [7, 11) is 0. The average Bonchev–Trinajstić information content (AvgIpc) is 2.39. The van der Waals surface area contributed by atoms with Crippen molar-refractivity contribution in [2.24, 2.45) is 0 Å². The van der Waals surface area contributed by atoms with Crippen LogP contribution in [0.1, 0.15) is 23.4 Å². The van der Waals surface area contributed by atoms with Gasteiger partial charge < -0.3 is 0 Å². The van der Waals surface area contributed by atoms with Crippen molar-refractivity contribution in [1.29, 1.82) is 5.26 Å². The van der Waals surface area contributed by atoms with Crippen LogP contribution < -0.4 is 0 Å². The van der Waals surface area contributed by atoms with Crippen molar-refractivity contribution in [2.75, 3.05) is 0 Å². The Morgan fingerprint density at radius 2 is 2.00 bits per heavy atom. The van der Waals surface area contributed by atoms with Crippen molar-refractivity contribution in [3.8, 4) is 6.07 Å². The Hall–Kier alpha value is -1.86. The monoisotopic (exact) mass is 258 g/mol. The second kappa shape index (κ2) is 5.65. The summed E-state index contributed by atoms with van der Waals surface area (Å²) in [4.78, 5) is 4.17. The number of nitriles is 1. The van der Waals surface area contributed by atoms with Crippen LogP contribution in [0.5, 0.6) is 0 Å². The molecule has 0 fully saturated rings. The second-order valence-corrected chi connectivity index (χ2v) is 5.12. The molecule has 90 valence electrons. The molecule has 1 aromatic heterocycles. The molecular weight excluding hydrogens is 247 g/mol. The van der Waals surface area contributed by atoms with Gasteiger partial charge in [0.1, 0.15) is 17.6 Å². The Bertz CT molecular complexity index is 592. The topological polar surface area (TPSA) is 36.7 Å². The van der Waals surface area contributed by atoms with Crippen LogP contribution in [0.15, 0.2) is 47.5 Å². The predicted octanol–water partition coefficient (Wildman–Crippen LogP) is 3.95. The van der Waals surface area contributed by atoms with Crippen LogP contribution in [0.2, 0.25) is 0 Å². The third-order valence-corrected chi connectivity index (χ3v) is 3.56. The maximum atomic E-state index is 13.6. The summed E-state index contributed by atoms with van der Waals surface area (Å²) in [5.74, 6) is -0.214. The van der Waals surface area contributed by atoms with Gasteiger partial charge in [-0.25, -0.2) is 9.37 Å². The van der Waals surface area contributed by atoms with E-state index in [-0.39, 0.29) is 11.1 Å². The average molecular weight is 258 g/mol. The lowest BCUT2D eigenvalue weighted by molar-refractivity contribution is 0.611. The molecule has 0 aliphatic rings. The molecular formula is C14H11FN2S. The van der Waals surface area contributed by atoms with Gasteiger partial charge in [0.25, 0.3) is 0 Å². The zero-order chi connectivity index (χ0) is 13.0. The maximum Gasteiger partial charge on any atom is 0.141 e. The summed E-state index contributed by atoms with van der Waals surface area (Å²) in [5, 5.41) is 9.45. The van der Waals surface area contributed by atoms with Crippen LogP contribution >= 0.6 is 11.8 Å². The number of benzene rings is 1. The fourth-order valence-electron chi connectivity index (χ4n) is 1.59. The van der Waals surface area contributed by atoms with Crippen molar-refractivity contribution >= 4 is 11.8 Å². The van der Waals surface area contributed by atoms with E-state index in [1.54, 1.807) is 24.3 Å². The van der Waals surface area contributed by atoms with Crippen LogP contribution in [0.25, 0.3) is 0 Å². The van der Waals surface area contributed by atoms with Gasteiger partial charge in [-0.1, -0.05) is 36.0 Å². The largest absolute Gasteiger partial charge is 0.231 e.